The van der Waals surface area contributed by atoms with Crippen LogP contribution in [0.5, 0.6) is 5.75 Å². The van der Waals surface area contributed by atoms with Gasteiger partial charge in [0, 0.05) is 18.3 Å². The second-order valence-corrected chi connectivity index (χ2v) is 5.37. The zero-order valence-electron chi connectivity index (χ0n) is 13.3. The van der Waals surface area contributed by atoms with Crippen LogP contribution < -0.4 is 5.32 Å². The van der Waals surface area contributed by atoms with E-state index in [0.717, 1.165) is 37.4 Å². The molecule has 0 bridgehead atoms. The van der Waals surface area contributed by atoms with Crippen LogP contribution in [0.4, 0.5) is 0 Å². The normalized spacial score (nSPS) is 12.8. The Bertz CT molecular complexity index is 391. The lowest BCUT2D eigenvalue weighted by atomic mass is 10.1. The van der Waals surface area contributed by atoms with Gasteiger partial charge in [-0.05, 0) is 58.5 Å². The van der Waals surface area contributed by atoms with Gasteiger partial charge in [0.1, 0.15) is 5.75 Å². The van der Waals surface area contributed by atoms with Crippen molar-refractivity contribution in [3.8, 4) is 5.75 Å². The van der Waals surface area contributed by atoms with Gasteiger partial charge >= 0.3 is 0 Å². The summed E-state index contributed by atoms with van der Waals surface area (Å²) in [6.45, 7) is 12.6. The highest BCUT2D eigenvalue weighted by Crippen LogP contribution is 2.14. The molecular formula is C16H29N3O. The van der Waals surface area contributed by atoms with Gasteiger partial charge in [0.15, 0.2) is 0 Å². The van der Waals surface area contributed by atoms with E-state index in [4.69, 9.17) is 0 Å². The van der Waals surface area contributed by atoms with Gasteiger partial charge in [-0.25, -0.2) is 0 Å². The van der Waals surface area contributed by atoms with Gasteiger partial charge < -0.3 is 15.3 Å². The topological polar surface area (TPSA) is 48.4 Å². The molecule has 4 heteroatoms. The molecule has 1 heterocycles. The van der Waals surface area contributed by atoms with Crippen molar-refractivity contribution < 1.29 is 5.11 Å². The molecule has 1 rings (SSSR count). The summed E-state index contributed by atoms with van der Waals surface area (Å²) in [5, 5.41) is 13.2. The summed E-state index contributed by atoms with van der Waals surface area (Å²) in [4.78, 5) is 6.80. The van der Waals surface area contributed by atoms with Crippen molar-refractivity contribution in [2.75, 3.05) is 19.6 Å². The Morgan fingerprint density at radius 2 is 2.00 bits per heavy atom. The molecule has 0 aliphatic rings. The Labute approximate surface area is 123 Å². The lowest BCUT2D eigenvalue weighted by molar-refractivity contribution is 0.290. The predicted molar refractivity (Wildman–Crippen MR) is 84.0 cm³/mol. The molecule has 0 saturated carbocycles. The molecule has 1 unspecified atom stereocenters. The summed E-state index contributed by atoms with van der Waals surface area (Å²) >= 11 is 0. The Morgan fingerprint density at radius 3 is 2.65 bits per heavy atom. The molecule has 0 aliphatic carbocycles. The predicted octanol–water partition coefficient (Wildman–Crippen LogP) is 2.70. The molecule has 2 N–H and O–H groups in total. The van der Waals surface area contributed by atoms with E-state index in [2.05, 4.69) is 36.0 Å². The minimum Gasteiger partial charge on any atom is -0.506 e. The van der Waals surface area contributed by atoms with Gasteiger partial charge in [-0.15, -0.1) is 0 Å². The van der Waals surface area contributed by atoms with Crippen LogP contribution in [0.3, 0.4) is 0 Å². The van der Waals surface area contributed by atoms with Crippen LogP contribution in [0.25, 0.3) is 0 Å². The summed E-state index contributed by atoms with van der Waals surface area (Å²) in [6.07, 6.45) is 2.34. The fourth-order valence-electron chi connectivity index (χ4n) is 2.27. The summed E-state index contributed by atoms with van der Waals surface area (Å²) in [5.74, 6) is 0.276. The van der Waals surface area contributed by atoms with E-state index >= 15 is 0 Å². The van der Waals surface area contributed by atoms with Gasteiger partial charge in [0.05, 0.1) is 5.69 Å². The highest BCUT2D eigenvalue weighted by atomic mass is 16.3. The van der Waals surface area contributed by atoms with Crippen molar-refractivity contribution in [1.29, 1.82) is 0 Å². The number of aromatic hydroxyl groups is 1. The maximum atomic E-state index is 9.75. The monoisotopic (exact) mass is 279 g/mol. The third-order valence-electron chi connectivity index (χ3n) is 3.71. The fourth-order valence-corrected chi connectivity index (χ4v) is 2.27. The molecule has 0 spiro atoms. The molecule has 20 heavy (non-hydrogen) atoms. The standard InChI is InChI=1S/C16H29N3O/c1-5-19(6-2)11-7-8-13(3)17-12-15-16(20)10-9-14(4)18-15/h9-10,13,17,20H,5-8,11-12H2,1-4H3. The lowest BCUT2D eigenvalue weighted by Crippen LogP contribution is -2.29. The number of nitrogens with one attached hydrogen (secondary N) is 1. The largest absolute Gasteiger partial charge is 0.506 e. The molecule has 0 aromatic carbocycles. The number of pyridine rings is 1. The summed E-state index contributed by atoms with van der Waals surface area (Å²) < 4.78 is 0. The summed E-state index contributed by atoms with van der Waals surface area (Å²) in [6, 6.07) is 3.98. The molecule has 0 aliphatic heterocycles. The average Bonchev–Trinajstić information content (AvgIpc) is 2.44. The molecule has 0 amide bonds. The first-order valence-corrected chi connectivity index (χ1v) is 7.68. The molecule has 0 fully saturated rings. The zero-order chi connectivity index (χ0) is 15.0. The van der Waals surface area contributed by atoms with Gasteiger partial charge in [-0.3, -0.25) is 4.98 Å². The number of hydrogen-bond donors (Lipinski definition) is 2. The lowest BCUT2D eigenvalue weighted by Gasteiger charge is -2.19. The Kier molecular flexibility index (Phi) is 7.55. The van der Waals surface area contributed by atoms with Crippen LogP contribution in [0.15, 0.2) is 12.1 Å². The SMILES string of the molecule is CCN(CC)CCCC(C)NCc1nc(C)ccc1O. The van der Waals surface area contributed by atoms with Crippen molar-refractivity contribution in [3.63, 3.8) is 0 Å². The van der Waals surface area contributed by atoms with Crippen molar-refractivity contribution >= 4 is 0 Å². The first-order chi connectivity index (χ1) is 9.56. The number of aromatic nitrogens is 1. The highest BCUT2D eigenvalue weighted by Gasteiger charge is 2.07. The number of nitrogens with zero attached hydrogens (tertiary/aromatic N) is 2. The van der Waals surface area contributed by atoms with Crippen molar-refractivity contribution in [2.45, 2.75) is 53.1 Å². The zero-order valence-corrected chi connectivity index (χ0v) is 13.3. The van der Waals surface area contributed by atoms with Crippen LogP contribution in [0, 0.1) is 6.92 Å². The Balaban J connectivity index is 2.29. The van der Waals surface area contributed by atoms with Crippen molar-refractivity contribution in [3.05, 3.63) is 23.5 Å². The molecule has 1 atom stereocenters. The van der Waals surface area contributed by atoms with Gasteiger partial charge in [-0.2, -0.15) is 0 Å². The van der Waals surface area contributed by atoms with Crippen LogP contribution in [-0.4, -0.2) is 40.7 Å². The third kappa shape index (κ3) is 5.88. The van der Waals surface area contributed by atoms with E-state index in [-0.39, 0.29) is 5.75 Å². The number of rotatable bonds is 9. The Hall–Kier alpha value is -1.13. The molecular weight excluding hydrogens is 250 g/mol. The third-order valence-corrected chi connectivity index (χ3v) is 3.71. The molecule has 114 valence electrons. The van der Waals surface area contributed by atoms with Crippen LogP contribution >= 0.6 is 0 Å². The molecule has 4 nitrogen and oxygen atoms in total. The van der Waals surface area contributed by atoms with Crippen LogP contribution in [0.1, 0.15) is 45.0 Å². The minimum absolute atomic E-state index is 0.276. The first-order valence-electron chi connectivity index (χ1n) is 7.68. The molecule has 1 aromatic heterocycles. The van der Waals surface area contributed by atoms with Crippen LogP contribution in [0.2, 0.25) is 0 Å². The van der Waals surface area contributed by atoms with Crippen molar-refractivity contribution in [1.82, 2.24) is 15.2 Å². The minimum atomic E-state index is 0.276. The van der Waals surface area contributed by atoms with E-state index in [1.165, 1.54) is 6.42 Å². The first kappa shape index (κ1) is 16.9. The quantitative estimate of drug-likeness (QED) is 0.729. The van der Waals surface area contributed by atoms with E-state index in [0.29, 0.717) is 12.6 Å². The van der Waals surface area contributed by atoms with E-state index in [9.17, 15) is 5.11 Å². The molecule has 0 saturated heterocycles. The second-order valence-electron chi connectivity index (χ2n) is 5.37. The van der Waals surface area contributed by atoms with Crippen LogP contribution in [-0.2, 0) is 6.54 Å². The molecule has 0 radical (unpaired) electrons. The average molecular weight is 279 g/mol. The summed E-state index contributed by atoms with van der Waals surface area (Å²) in [5.41, 5.74) is 1.68. The maximum absolute atomic E-state index is 9.75. The van der Waals surface area contributed by atoms with E-state index in [1.807, 2.05) is 13.0 Å². The van der Waals surface area contributed by atoms with Gasteiger partial charge in [0.25, 0.3) is 0 Å². The number of aryl methyl sites for hydroxylation is 1. The Morgan fingerprint density at radius 1 is 1.30 bits per heavy atom. The van der Waals surface area contributed by atoms with Gasteiger partial charge in [-0.1, -0.05) is 13.8 Å². The smallest absolute Gasteiger partial charge is 0.138 e. The van der Waals surface area contributed by atoms with E-state index in [1.54, 1.807) is 6.07 Å². The van der Waals surface area contributed by atoms with E-state index < -0.39 is 0 Å². The number of hydrogen-bond acceptors (Lipinski definition) is 4. The maximum Gasteiger partial charge on any atom is 0.138 e. The second kappa shape index (κ2) is 8.93. The molecule has 1 aromatic rings. The summed E-state index contributed by atoms with van der Waals surface area (Å²) in [7, 11) is 0. The fraction of sp³-hybridized carbons (Fsp3) is 0.688. The van der Waals surface area contributed by atoms with Gasteiger partial charge in [0.2, 0.25) is 0 Å². The highest BCUT2D eigenvalue weighted by molar-refractivity contribution is 5.27. The van der Waals surface area contributed by atoms with Crippen molar-refractivity contribution in [2.24, 2.45) is 0 Å².